The van der Waals surface area contributed by atoms with Crippen molar-refractivity contribution < 1.29 is 9.59 Å². The van der Waals surface area contributed by atoms with E-state index in [-0.39, 0.29) is 18.2 Å². The molecule has 1 amide bonds. The summed E-state index contributed by atoms with van der Waals surface area (Å²) in [7, 11) is 0. The summed E-state index contributed by atoms with van der Waals surface area (Å²) in [6.07, 6.45) is 6.26. The molecule has 0 aliphatic carbocycles. The Morgan fingerprint density at radius 3 is 2.83 bits per heavy atom. The van der Waals surface area contributed by atoms with Gasteiger partial charge in [0.2, 0.25) is 0 Å². The molecule has 0 saturated carbocycles. The Hall–Kier alpha value is -2.80. The summed E-state index contributed by atoms with van der Waals surface area (Å²) in [6.45, 7) is -0.0724. The van der Waals surface area contributed by atoms with E-state index >= 15 is 0 Å². The van der Waals surface area contributed by atoms with Crippen LogP contribution in [-0.2, 0) is 4.79 Å². The quantitative estimate of drug-likeness (QED) is 0.648. The molecular formula is C17H16N4O2S. The summed E-state index contributed by atoms with van der Waals surface area (Å²) in [5.41, 5.74) is 3.50. The summed E-state index contributed by atoms with van der Waals surface area (Å²) >= 11 is 1.36. The molecule has 6 nitrogen and oxygen atoms in total. The van der Waals surface area contributed by atoms with Crippen LogP contribution in [0.2, 0.25) is 0 Å². The van der Waals surface area contributed by atoms with Crippen LogP contribution in [0.3, 0.4) is 0 Å². The highest BCUT2D eigenvalue weighted by Crippen LogP contribution is 2.16. The summed E-state index contributed by atoms with van der Waals surface area (Å²) < 4.78 is 0. The van der Waals surface area contributed by atoms with E-state index in [1.807, 2.05) is 17.5 Å². The number of aromatic nitrogens is 1. The molecular weight excluding hydrogens is 324 g/mol. The zero-order chi connectivity index (χ0) is 16.8. The molecule has 1 aliphatic rings. The maximum atomic E-state index is 12.8. The zero-order valence-electron chi connectivity index (χ0n) is 12.9. The van der Waals surface area contributed by atoms with Crippen molar-refractivity contribution in [3.63, 3.8) is 0 Å². The first-order valence-corrected chi connectivity index (χ1v) is 8.39. The number of thiophene rings is 1. The standard InChI is InChI=1S/C17H16N4O2S/c22-14(15-6-4-10-24-15)12-21(20-16-7-1-2-9-19-16)17(23)13-5-3-8-18-11-13/h1-2,4,6-11H,3,5,12H2,(H,19,20). The van der Waals surface area contributed by atoms with E-state index < -0.39 is 0 Å². The second-order valence-electron chi connectivity index (χ2n) is 5.14. The van der Waals surface area contributed by atoms with Gasteiger partial charge in [0, 0.05) is 24.2 Å². The van der Waals surface area contributed by atoms with Crippen LogP contribution in [0.5, 0.6) is 0 Å². The van der Waals surface area contributed by atoms with Gasteiger partial charge in [-0.2, -0.15) is 0 Å². The monoisotopic (exact) mass is 340 g/mol. The summed E-state index contributed by atoms with van der Waals surface area (Å²) in [6, 6.07) is 8.90. The number of nitrogens with one attached hydrogen (secondary N) is 1. The first-order valence-electron chi connectivity index (χ1n) is 7.51. The van der Waals surface area contributed by atoms with Crippen molar-refractivity contribution >= 4 is 35.1 Å². The number of carbonyl (C=O) groups excluding carboxylic acids is 2. The molecule has 2 aromatic rings. The Bertz CT molecular complexity index is 769. The van der Waals surface area contributed by atoms with Gasteiger partial charge in [-0.15, -0.1) is 11.3 Å². The van der Waals surface area contributed by atoms with Gasteiger partial charge in [0.1, 0.15) is 12.4 Å². The number of Topliss-reactive ketones (excluding diaryl/α,β-unsaturated/α-hetero) is 1. The Morgan fingerprint density at radius 1 is 1.25 bits per heavy atom. The average Bonchev–Trinajstić information content (AvgIpc) is 3.17. The number of hydrogen-bond donors (Lipinski definition) is 1. The zero-order valence-corrected chi connectivity index (χ0v) is 13.7. The van der Waals surface area contributed by atoms with E-state index in [9.17, 15) is 9.59 Å². The van der Waals surface area contributed by atoms with E-state index in [0.717, 1.165) is 0 Å². The molecule has 0 spiro atoms. The third kappa shape index (κ3) is 3.94. The maximum Gasteiger partial charge on any atom is 0.270 e. The van der Waals surface area contributed by atoms with Crippen LogP contribution in [0, 0.1) is 0 Å². The number of aliphatic imine (C=N–C) groups is 1. The van der Waals surface area contributed by atoms with Crippen molar-refractivity contribution in [2.24, 2.45) is 4.99 Å². The predicted octanol–water partition coefficient (Wildman–Crippen LogP) is 2.93. The van der Waals surface area contributed by atoms with Gasteiger partial charge in [-0.05, 0) is 36.4 Å². The van der Waals surface area contributed by atoms with Crippen LogP contribution in [0.25, 0.3) is 0 Å². The lowest BCUT2D eigenvalue weighted by molar-refractivity contribution is -0.125. The molecule has 0 unspecified atom stereocenters. The molecule has 1 N–H and O–H groups in total. The Balaban J connectivity index is 1.80. The smallest absolute Gasteiger partial charge is 0.270 e. The number of ketones is 1. The van der Waals surface area contributed by atoms with E-state index in [0.29, 0.717) is 29.1 Å². The van der Waals surface area contributed by atoms with E-state index in [1.54, 1.807) is 36.8 Å². The van der Waals surface area contributed by atoms with Gasteiger partial charge in [0.25, 0.3) is 5.91 Å². The predicted molar refractivity (Wildman–Crippen MR) is 94.0 cm³/mol. The molecule has 7 heteroatoms. The van der Waals surface area contributed by atoms with E-state index in [1.165, 1.54) is 16.3 Å². The van der Waals surface area contributed by atoms with Crippen molar-refractivity contribution in [2.75, 3.05) is 12.0 Å². The molecule has 122 valence electrons. The summed E-state index contributed by atoms with van der Waals surface area (Å²) in [4.78, 5) is 34.0. The molecule has 0 atom stereocenters. The molecule has 3 rings (SSSR count). The van der Waals surface area contributed by atoms with Gasteiger partial charge >= 0.3 is 0 Å². The number of pyridine rings is 1. The van der Waals surface area contributed by atoms with Crippen molar-refractivity contribution in [2.45, 2.75) is 12.8 Å². The Kier molecular flexibility index (Phi) is 5.12. The fraction of sp³-hybridized carbons (Fsp3) is 0.176. The fourth-order valence-corrected chi connectivity index (χ4v) is 2.88. The van der Waals surface area contributed by atoms with Gasteiger partial charge in [-0.3, -0.25) is 20.0 Å². The van der Waals surface area contributed by atoms with Crippen LogP contribution in [0.15, 0.2) is 58.7 Å². The second-order valence-corrected chi connectivity index (χ2v) is 6.09. The van der Waals surface area contributed by atoms with Crippen LogP contribution < -0.4 is 5.43 Å². The first-order chi connectivity index (χ1) is 11.7. The fourth-order valence-electron chi connectivity index (χ4n) is 2.23. The number of carbonyl (C=O) groups is 2. The van der Waals surface area contributed by atoms with Crippen molar-refractivity contribution in [3.05, 3.63) is 58.6 Å². The summed E-state index contributed by atoms with van der Waals surface area (Å²) in [5.74, 6) is 0.119. The normalized spacial score (nSPS) is 13.2. The molecule has 2 aromatic heterocycles. The third-order valence-corrected chi connectivity index (χ3v) is 4.32. The number of amides is 1. The molecule has 1 aliphatic heterocycles. The van der Waals surface area contributed by atoms with Gasteiger partial charge in [-0.1, -0.05) is 12.1 Å². The number of hydrazine groups is 1. The summed E-state index contributed by atoms with van der Waals surface area (Å²) in [5, 5.41) is 3.14. The van der Waals surface area contributed by atoms with Gasteiger partial charge in [-0.25, -0.2) is 9.99 Å². The topological polar surface area (TPSA) is 74.7 Å². The highest BCUT2D eigenvalue weighted by molar-refractivity contribution is 7.12. The van der Waals surface area contributed by atoms with Crippen molar-refractivity contribution in [1.82, 2.24) is 9.99 Å². The van der Waals surface area contributed by atoms with Gasteiger partial charge in [0.05, 0.1) is 4.88 Å². The molecule has 24 heavy (non-hydrogen) atoms. The molecule has 0 fully saturated rings. The highest BCUT2D eigenvalue weighted by Gasteiger charge is 2.23. The maximum absolute atomic E-state index is 12.8. The minimum Gasteiger partial charge on any atom is -0.291 e. The van der Waals surface area contributed by atoms with Gasteiger partial charge < -0.3 is 0 Å². The molecule has 3 heterocycles. The minimum atomic E-state index is -0.262. The number of hydrogen-bond acceptors (Lipinski definition) is 6. The van der Waals surface area contributed by atoms with Crippen molar-refractivity contribution in [3.8, 4) is 0 Å². The molecule has 0 bridgehead atoms. The molecule has 0 aromatic carbocycles. The first kappa shape index (κ1) is 16.1. The average molecular weight is 340 g/mol. The van der Waals surface area contributed by atoms with Crippen LogP contribution >= 0.6 is 11.3 Å². The number of rotatable bonds is 6. The second kappa shape index (κ2) is 7.65. The van der Waals surface area contributed by atoms with Crippen LogP contribution in [-0.4, -0.2) is 34.4 Å². The van der Waals surface area contributed by atoms with E-state index in [4.69, 9.17) is 0 Å². The largest absolute Gasteiger partial charge is 0.291 e. The van der Waals surface area contributed by atoms with Crippen LogP contribution in [0.1, 0.15) is 22.5 Å². The number of nitrogens with zero attached hydrogens (tertiary/aromatic N) is 3. The third-order valence-electron chi connectivity index (χ3n) is 3.41. The SMILES string of the molecule is O=C(CN(Nc1ccccn1)C(=O)C1=CN=CCC1)c1cccs1. The Labute approximate surface area is 143 Å². The Morgan fingerprint density at radius 2 is 2.17 bits per heavy atom. The lowest BCUT2D eigenvalue weighted by atomic mass is 10.1. The minimum absolute atomic E-state index is 0.0724. The molecule has 0 saturated heterocycles. The lowest BCUT2D eigenvalue weighted by Crippen LogP contribution is -2.41. The highest BCUT2D eigenvalue weighted by atomic mass is 32.1. The lowest BCUT2D eigenvalue weighted by Gasteiger charge is -2.24. The van der Waals surface area contributed by atoms with E-state index in [2.05, 4.69) is 15.4 Å². The van der Waals surface area contributed by atoms with Crippen molar-refractivity contribution in [1.29, 1.82) is 0 Å². The number of anilines is 1. The van der Waals surface area contributed by atoms with Gasteiger partial charge in [0.15, 0.2) is 5.78 Å². The van der Waals surface area contributed by atoms with Crippen LogP contribution in [0.4, 0.5) is 5.82 Å². The molecule has 0 radical (unpaired) electrons.